The van der Waals surface area contributed by atoms with Gasteiger partial charge in [0.25, 0.3) is 5.56 Å². The molecule has 38 heavy (non-hydrogen) atoms. The monoisotopic (exact) mass is 528 g/mol. The van der Waals surface area contributed by atoms with E-state index >= 15 is 0 Å². The van der Waals surface area contributed by atoms with Crippen LogP contribution in [0.25, 0.3) is 11.1 Å². The number of ether oxygens (including phenoxy) is 1. The standard InChI is InChI=1S/C28H21ClN4O5/c1-38-25-16-33(26(34)14-23(25)22-13-20(29)5-2-19(22)15-30)24(12-17-8-10-31-11-9-17)27(35)32-21-6-3-18(4-7-21)28(36)37/h2-11,13-14,16,24H,12H2,1H3,(H,32,35)(H,36,37)/t24-/m0/s1. The summed E-state index contributed by atoms with van der Waals surface area (Å²) in [7, 11) is 1.42. The van der Waals surface area contributed by atoms with Crippen molar-refractivity contribution in [3.63, 3.8) is 0 Å². The predicted molar refractivity (Wildman–Crippen MR) is 141 cm³/mol. The molecule has 4 aromatic rings. The van der Waals surface area contributed by atoms with Crippen molar-refractivity contribution in [1.82, 2.24) is 9.55 Å². The van der Waals surface area contributed by atoms with Crippen LogP contribution in [0.1, 0.15) is 27.5 Å². The first-order chi connectivity index (χ1) is 18.3. The first-order valence-corrected chi connectivity index (χ1v) is 11.7. The number of halogens is 1. The van der Waals surface area contributed by atoms with Crippen LogP contribution >= 0.6 is 11.6 Å². The summed E-state index contributed by atoms with van der Waals surface area (Å²) in [5, 5.41) is 21.8. The molecule has 0 aliphatic heterocycles. The molecule has 4 rings (SSSR count). The van der Waals surface area contributed by atoms with E-state index in [9.17, 15) is 19.6 Å². The lowest BCUT2D eigenvalue weighted by molar-refractivity contribution is -0.119. The molecule has 0 bridgehead atoms. The normalized spacial score (nSPS) is 11.3. The van der Waals surface area contributed by atoms with Crippen LogP contribution in [0.2, 0.25) is 5.02 Å². The number of hydrogen-bond acceptors (Lipinski definition) is 6. The SMILES string of the molecule is COc1cn([C@@H](Cc2ccncc2)C(=O)Nc2ccc(C(=O)O)cc2)c(=O)cc1-c1cc(Cl)ccc1C#N. The number of nitrogens with one attached hydrogen (secondary N) is 1. The number of aromatic carboxylic acids is 1. The Hall–Kier alpha value is -4.94. The van der Waals surface area contributed by atoms with Crippen molar-refractivity contribution in [3.8, 4) is 22.9 Å². The molecule has 2 aromatic heterocycles. The second-order valence-corrected chi connectivity index (χ2v) is 8.69. The van der Waals surface area contributed by atoms with E-state index in [4.69, 9.17) is 21.4 Å². The summed E-state index contributed by atoms with van der Waals surface area (Å²) < 4.78 is 6.82. The van der Waals surface area contributed by atoms with Crippen LogP contribution < -0.4 is 15.6 Å². The zero-order valence-corrected chi connectivity index (χ0v) is 20.8. The molecule has 1 atom stereocenters. The topological polar surface area (TPSA) is 134 Å². The van der Waals surface area contributed by atoms with Gasteiger partial charge in [-0.25, -0.2) is 4.79 Å². The van der Waals surface area contributed by atoms with Crippen LogP contribution in [0.15, 0.2) is 84.0 Å². The Balaban J connectivity index is 1.78. The Labute approximate surface area is 222 Å². The number of carbonyl (C=O) groups excluding carboxylic acids is 1. The first-order valence-electron chi connectivity index (χ1n) is 11.3. The van der Waals surface area contributed by atoms with E-state index in [-0.39, 0.29) is 17.7 Å². The van der Waals surface area contributed by atoms with Crippen LogP contribution in [-0.2, 0) is 11.2 Å². The third-order valence-corrected chi connectivity index (χ3v) is 6.11. The molecular weight excluding hydrogens is 508 g/mol. The highest BCUT2D eigenvalue weighted by Gasteiger charge is 2.25. The minimum atomic E-state index is -1.09. The summed E-state index contributed by atoms with van der Waals surface area (Å²) in [6, 6.07) is 16.3. The number of benzene rings is 2. The fourth-order valence-corrected chi connectivity index (χ4v) is 4.14. The molecule has 0 radical (unpaired) electrons. The molecule has 9 nitrogen and oxygen atoms in total. The summed E-state index contributed by atoms with van der Waals surface area (Å²) in [6.07, 6.45) is 4.76. The van der Waals surface area contributed by atoms with Crippen molar-refractivity contribution in [2.45, 2.75) is 12.5 Å². The van der Waals surface area contributed by atoms with Crippen LogP contribution in [-0.4, -0.2) is 33.6 Å². The lowest BCUT2D eigenvalue weighted by atomic mass is 10.00. The van der Waals surface area contributed by atoms with Gasteiger partial charge in [-0.3, -0.25) is 19.1 Å². The maximum Gasteiger partial charge on any atom is 0.335 e. The Bertz CT molecular complexity index is 1590. The summed E-state index contributed by atoms with van der Waals surface area (Å²) >= 11 is 6.15. The minimum absolute atomic E-state index is 0.0747. The van der Waals surface area contributed by atoms with Gasteiger partial charge in [0.2, 0.25) is 5.91 Å². The van der Waals surface area contributed by atoms with Gasteiger partial charge in [0, 0.05) is 46.7 Å². The van der Waals surface area contributed by atoms with Gasteiger partial charge in [-0.2, -0.15) is 5.26 Å². The highest BCUT2D eigenvalue weighted by molar-refractivity contribution is 6.31. The van der Waals surface area contributed by atoms with Gasteiger partial charge in [-0.05, 0) is 60.2 Å². The number of carboxylic acid groups (broad SMARTS) is 1. The summed E-state index contributed by atoms with van der Waals surface area (Å²) in [5.74, 6) is -1.32. The Kier molecular flexibility index (Phi) is 7.85. The number of rotatable bonds is 8. The molecule has 0 aliphatic rings. The van der Waals surface area contributed by atoms with E-state index < -0.39 is 23.5 Å². The smallest absolute Gasteiger partial charge is 0.335 e. The second kappa shape index (κ2) is 11.4. The number of nitrogens with zero attached hydrogens (tertiary/aromatic N) is 3. The maximum atomic E-state index is 13.5. The second-order valence-electron chi connectivity index (χ2n) is 8.25. The molecule has 0 aliphatic carbocycles. The van der Waals surface area contributed by atoms with Crippen molar-refractivity contribution < 1.29 is 19.4 Å². The Morgan fingerprint density at radius 2 is 1.82 bits per heavy atom. The highest BCUT2D eigenvalue weighted by Crippen LogP contribution is 2.33. The molecule has 2 aromatic carbocycles. The number of methoxy groups -OCH3 is 1. The van der Waals surface area contributed by atoms with Crippen molar-refractivity contribution in [1.29, 1.82) is 5.26 Å². The molecular formula is C28H21ClN4O5. The van der Waals surface area contributed by atoms with Crippen molar-refractivity contribution in [2.24, 2.45) is 0 Å². The van der Waals surface area contributed by atoms with Gasteiger partial charge >= 0.3 is 5.97 Å². The maximum absolute atomic E-state index is 13.5. The molecule has 0 saturated carbocycles. The molecule has 2 heterocycles. The van der Waals surface area contributed by atoms with E-state index in [2.05, 4.69) is 16.4 Å². The zero-order valence-electron chi connectivity index (χ0n) is 20.1. The number of carboxylic acids is 1. The van der Waals surface area contributed by atoms with Gasteiger partial charge in [0.15, 0.2) is 0 Å². The lowest BCUT2D eigenvalue weighted by Crippen LogP contribution is -2.34. The number of anilines is 1. The van der Waals surface area contributed by atoms with E-state index in [1.54, 1.807) is 42.7 Å². The Morgan fingerprint density at radius 1 is 1.11 bits per heavy atom. The predicted octanol–water partition coefficient (Wildman–Crippen LogP) is 4.56. The van der Waals surface area contributed by atoms with Gasteiger partial charge in [0.1, 0.15) is 11.8 Å². The summed E-state index contributed by atoms with van der Waals surface area (Å²) in [6.45, 7) is 0. The van der Waals surface area contributed by atoms with Gasteiger partial charge in [-0.1, -0.05) is 11.6 Å². The fourth-order valence-electron chi connectivity index (χ4n) is 3.96. The van der Waals surface area contributed by atoms with Gasteiger partial charge in [0.05, 0.1) is 30.5 Å². The number of aromatic nitrogens is 2. The molecule has 1 amide bonds. The van der Waals surface area contributed by atoms with Crippen molar-refractivity contribution in [3.05, 3.63) is 111 Å². The number of hydrogen-bond donors (Lipinski definition) is 2. The molecule has 0 saturated heterocycles. The Morgan fingerprint density at radius 3 is 2.45 bits per heavy atom. The third-order valence-electron chi connectivity index (χ3n) is 5.87. The number of amides is 1. The molecule has 0 fully saturated rings. The van der Waals surface area contributed by atoms with E-state index in [0.29, 0.717) is 27.4 Å². The van der Waals surface area contributed by atoms with Gasteiger partial charge in [-0.15, -0.1) is 0 Å². The summed E-state index contributed by atoms with van der Waals surface area (Å²) in [5.41, 5.74) is 1.80. The molecule has 190 valence electrons. The van der Waals surface area contributed by atoms with E-state index in [0.717, 1.165) is 5.56 Å². The minimum Gasteiger partial charge on any atom is -0.495 e. The van der Waals surface area contributed by atoms with Crippen molar-refractivity contribution >= 4 is 29.2 Å². The van der Waals surface area contributed by atoms with Crippen molar-refractivity contribution in [2.75, 3.05) is 12.4 Å². The molecule has 2 N–H and O–H groups in total. The van der Waals surface area contributed by atoms with Crippen LogP contribution in [0.3, 0.4) is 0 Å². The van der Waals surface area contributed by atoms with Crippen LogP contribution in [0, 0.1) is 11.3 Å². The highest BCUT2D eigenvalue weighted by atomic mass is 35.5. The van der Waals surface area contributed by atoms with E-state index in [1.165, 1.54) is 48.2 Å². The van der Waals surface area contributed by atoms with Crippen LogP contribution in [0.4, 0.5) is 5.69 Å². The third kappa shape index (κ3) is 5.72. The number of pyridine rings is 2. The largest absolute Gasteiger partial charge is 0.495 e. The van der Waals surface area contributed by atoms with Gasteiger partial charge < -0.3 is 15.2 Å². The van der Waals surface area contributed by atoms with E-state index in [1.807, 2.05) is 0 Å². The fraction of sp³-hybridized carbons (Fsp3) is 0.107. The average molecular weight is 529 g/mol. The number of carbonyl (C=O) groups is 2. The first kappa shape index (κ1) is 26.1. The quantitative estimate of drug-likeness (QED) is 0.342. The molecule has 10 heteroatoms. The zero-order chi connectivity index (χ0) is 27.2. The number of nitriles is 1. The summed E-state index contributed by atoms with van der Waals surface area (Å²) in [4.78, 5) is 42.0. The molecule has 0 spiro atoms. The van der Waals surface area contributed by atoms with Crippen LogP contribution in [0.5, 0.6) is 5.75 Å². The average Bonchev–Trinajstić information content (AvgIpc) is 2.92. The molecule has 0 unspecified atom stereocenters. The lowest BCUT2D eigenvalue weighted by Gasteiger charge is -2.22.